The minimum Gasteiger partial charge on any atom is -0.335 e. The van der Waals surface area contributed by atoms with Gasteiger partial charge in [-0.3, -0.25) is 4.79 Å². The molecule has 148 valence electrons. The third-order valence-electron chi connectivity index (χ3n) is 6.14. The maximum atomic E-state index is 12.6. The van der Waals surface area contributed by atoms with E-state index in [1.165, 1.54) is 19.3 Å². The van der Waals surface area contributed by atoms with Crippen molar-refractivity contribution in [2.75, 3.05) is 18.4 Å². The minimum atomic E-state index is 0.0738. The van der Waals surface area contributed by atoms with Crippen molar-refractivity contribution in [2.45, 2.75) is 64.3 Å². The van der Waals surface area contributed by atoms with Crippen molar-refractivity contribution in [2.24, 2.45) is 11.8 Å². The molecule has 1 aromatic rings. The minimum absolute atomic E-state index is 0.0738. The average Bonchev–Trinajstić information content (AvgIpc) is 2.69. The van der Waals surface area contributed by atoms with Crippen LogP contribution in [0.15, 0.2) is 30.3 Å². The van der Waals surface area contributed by atoms with Gasteiger partial charge in [-0.25, -0.2) is 4.79 Å². The first-order valence-corrected chi connectivity index (χ1v) is 10.6. The van der Waals surface area contributed by atoms with Crippen LogP contribution in [0.5, 0.6) is 0 Å². The maximum Gasteiger partial charge on any atom is 0.317 e. The number of amides is 3. The van der Waals surface area contributed by atoms with Crippen LogP contribution in [0.4, 0.5) is 10.5 Å². The zero-order valence-electron chi connectivity index (χ0n) is 16.5. The van der Waals surface area contributed by atoms with Crippen molar-refractivity contribution in [3.05, 3.63) is 30.3 Å². The number of nitrogens with zero attached hydrogens (tertiary/aromatic N) is 1. The van der Waals surface area contributed by atoms with E-state index in [2.05, 4.69) is 17.6 Å². The fourth-order valence-corrected chi connectivity index (χ4v) is 4.48. The molecule has 3 rings (SSSR count). The van der Waals surface area contributed by atoms with E-state index >= 15 is 0 Å². The fraction of sp³-hybridized carbons (Fsp3) is 0.636. The summed E-state index contributed by atoms with van der Waals surface area (Å²) in [7, 11) is 0. The van der Waals surface area contributed by atoms with Gasteiger partial charge in [0.05, 0.1) is 0 Å². The number of nitrogens with one attached hydrogen (secondary N) is 2. The smallest absolute Gasteiger partial charge is 0.317 e. The molecule has 2 N–H and O–H groups in total. The Labute approximate surface area is 162 Å². The molecule has 2 fully saturated rings. The van der Waals surface area contributed by atoms with Gasteiger partial charge in [-0.05, 0) is 43.2 Å². The highest BCUT2D eigenvalue weighted by atomic mass is 16.2. The number of para-hydroxylation sites is 1. The standard InChI is InChI=1S/C22H33N3O2/c1-2-17-16-25(22(27)24-20-11-7-4-8-12-20)14-13-18(17)15-21(26)23-19-9-5-3-6-10-19/h3,5-6,9-10,17-18,20H,2,4,7-8,11-16H2,1H3,(H,23,26)(H,24,27)/t17-,18+/m1/s1. The summed E-state index contributed by atoms with van der Waals surface area (Å²) in [5.74, 6) is 0.805. The normalized spacial score (nSPS) is 23.7. The molecule has 1 aromatic carbocycles. The van der Waals surface area contributed by atoms with Crippen molar-refractivity contribution >= 4 is 17.6 Å². The van der Waals surface area contributed by atoms with Gasteiger partial charge in [0.2, 0.25) is 5.91 Å². The first kappa shape index (κ1) is 19.7. The Kier molecular flexibility index (Phi) is 7.13. The Morgan fingerprint density at radius 2 is 1.78 bits per heavy atom. The third-order valence-corrected chi connectivity index (χ3v) is 6.14. The molecule has 2 atom stereocenters. The van der Waals surface area contributed by atoms with Crippen molar-refractivity contribution in [1.82, 2.24) is 10.2 Å². The summed E-state index contributed by atoms with van der Waals surface area (Å²) >= 11 is 0. The van der Waals surface area contributed by atoms with Gasteiger partial charge in [0.25, 0.3) is 0 Å². The van der Waals surface area contributed by atoms with Gasteiger partial charge in [-0.2, -0.15) is 0 Å². The van der Waals surface area contributed by atoms with Crippen LogP contribution in [0.3, 0.4) is 0 Å². The summed E-state index contributed by atoms with van der Waals surface area (Å²) in [4.78, 5) is 27.0. The number of hydrogen-bond acceptors (Lipinski definition) is 2. The molecule has 5 nitrogen and oxygen atoms in total. The Bertz CT molecular complexity index is 613. The number of rotatable bonds is 5. The molecule has 1 saturated heterocycles. The molecular weight excluding hydrogens is 338 g/mol. The summed E-state index contributed by atoms with van der Waals surface area (Å²) in [6.07, 6.45) is 8.39. The number of piperidine rings is 1. The summed E-state index contributed by atoms with van der Waals surface area (Å²) in [6, 6.07) is 10.0. The van der Waals surface area contributed by atoms with E-state index in [4.69, 9.17) is 0 Å². The van der Waals surface area contributed by atoms with E-state index in [1.807, 2.05) is 35.2 Å². The van der Waals surface area contributed by atoms with Crippen LogP contribution in [0.1, 0.15) is 58.3 Å². The van der Waals surface area contributed by atoms with E-state index in [0.29, 0.717) is 24.3 Å². The number of likely N-dealkylation sites (tertiary alicyclic amines) is 1. The average molecular weight is 372 g/mol. The second-order valence-corrected chi connectivity index (χ2v) is 8.07. The Morgan fingerprint density at radius 1 is 1.04 bits per heavy atom. The largest absolute Gasteiger partial charge is 0.335 e. The lowest BCUT2D eigenvalue weighted by Crippen LogP contribution is -2.51. The highest BCUT2D eigenvalue weighted by Gasteiger charge is 2.32. The molecular formula is C22H33N3O2. The van der Waals surface area contributed by atoms with E-state index in [9.17, 15) is 9.59 Å². The quantitative estimate of drug-likeness (QED) is 0.805. The van der Waals surface area contributed by atoms with Crippen LogP contribution < -0.4 is 10.6 Å². The van der Waals surface area contributed by atoms with Gasteiger partial charge < -0.3 is 15.5 Å². The van der Waals surface area contributed by atoms with Gasteiger partial charge in [-0.15, -0.1) is 0 Å². The lowest BCUT2D eigenvalue weighted by molar-refractivity contribution is -0.117. The summed E-state index contributed by atoms with van der Waals surface area (Å²) in [5, 5.41) is 6.22. The highest BCUT2D eigenvalue weighted by Crippen LogP contribution is 2.29. The molecule has 2 aliphatic rings. The lowest BCUT2D eigenvalue weighted by Gasteiger charge is -2.39. The van der Waals surface area contributed by atoms with Crippen LogP contribution >= 0.6 is 0 Å². The van der Waals surface area contributed by atoms with Gasteiger partial charge in [0.15, 0.2) is 0 Å². The van der Waals surface area contributed by atoms with Crippen LogP contribution in [0.2, 0.25) is 0 Å². The number of urea groups is 1. The van der Waals surface area contributed by atoms with Crippen molar-refractivity contribution < 1.29 is 9.59 Å². The number of carbonyl (C=O) groups is 2. The van der Waals surface area contributed by atoms with Crippen molar-refractivity contribution in [3.63, 3.8) is 0 Å². The molecule has 0 spiro atoms. The van der Waals surface area contributed by atoms with Crippen LogP contribution in [0, 0.1) is 11.8 Å². The van der Waals surface area contributed by atoms with E-state index in [1.54, 1.807) is 0 Å². The Balaban J connectivity index is 1.48. The molecule has 3 amide bonds. The van der Waals surface area contributed by atoms with Gasteiger partial charge in [0.1, 0.15) is 0 Å². The predicted molar refractivity (Wildman–Crippen MR) is 109 cm³/mol. The van der Waals surface area contributed by atoms with E-state index in [-0.39, 0.29) is 11.9 Å². The zero-order valence-corrected chi connectivity index (χ0v) is 16.5. The molecule has 27 heavy (non-hydrogen) atoms. The zero-order chi connectivity index (χ0) is 19.1. The third kappa shape index (κ3) is 5.72. The monoisotopic (exact) mass is 371 g/mol. The molecule has 1 aliphatic carbocycles. The molecule has 0 bridgehead atoms. The molecule has 1 heterocycles. The summed E-state index contributed by atoms with van der Waals surface area (Å²) in [6.45, 7) is 3.67. The predicted octanol–water partition coefficient (Wildman–Crippen LogP) is 4.41. The summed E-state index contributed by atoms with van der Waals surface area (Å²) < 4.78 is 0. The van der Waals surface area contributed by atoms with Gasteiger partial charge in [0, 0.05) is 31.2 Å². The SMILES string of the molecule is CC[C@@H]1CN(C(=O)NC2CCCCC2)CC[C@H]1CC(=O)Nc1ccccc1. The lowest BCUT2D eigenvalue weighted by atomic mass is 9.81. The molecule has 0 aromatic heterocycles. The molecule has 1 saturated carbocycles. The van der Waals surface area contributed by atoms with Crippen molar-refractivity contribution in [1.29, 1.82) is 0 Å². The Morgan fingerprint density at radius 3 is 2.48 bits per heavy atom. The number of hydrogen-bond donors (Lipinski definition) is 2. The number of benzene rings is 1. The second-order valence-electron chi connectivity index (χ2n) is 8.07. The molecule has 0 radical (unpaired) electrons. The van der Waals surface area contributed by atoms with Crippen LogP contribution in [0.25, 0.3) is 0 Å². The fourth-order valence-electron chi connectivity index (χ4n) is 4.48. The molecule has 5 heteroatoms. The van der Waals surface area contributed by atoms with Gasteiger partial charge >= 0.3 is 6.03 Å². The molecule has 1 aliphatic heterocycles. The Hall–Kier alpha value is -2.04. The molecule has 0 unspecified atom stereocenters. The second kappa shape index (κ2) is 9.77. The van der Waals surface area contributed by atoms with E-state index in [0.717, 1.165) is 44.5 Å². The number of anilines is 1. The van der Waals surface area contributed by atoms with E-state index < -0.39 is 0 Å². The van der Waals surface area contributed by atoms with Crippen molar-refractivity contribution in [3.8, 4) is 0 Å². The van der Waals surface area contributed by atoms with Gasteiger partial charge in [-0.1, -0.05) is 50.8 Å². The summed E-state index contributed by atoms with van der Waals surface area (Å²) in [5.41, 5.74) is 0.847. The number of carbonyl (C=O) groups excluding carboxylic acids is 2. The topological polar surface area (TPSA) is 61.4 Å². The van der Waals surface area contributed by atoms with Crippen LogP contribution in [-0.2, 0) is 4.79 Å². The maximum absolute atomic E-state index is 12.6. The van der Waals surface area contributed by atoms with Crippen LogP contribution in [-0.4, -0.2) is 36.0 Å². The highest BCUT2D eigenvalue weighted by molar-refractivity contribution is 5.90. The first-order valence-electron chi connectivity index (χ1n) is 10.6. The first-order chi connectivity index (χ1) is 13.2.